The lowest BCUT2D eigenvalue weighted by Gasteiger charge is -2.12. The van der Waals surface area contributed by atoms with Gasteiger partial charge >= 0.3 is 0 Å². The number of nitro groups is 1. The monoisotopic (exact) mass is 277 g/mol. The first-order valence-corrected chi connectivity index (χ1v) is 5.43. The second-order valence-corrected chi connectivity index (χ2v) is 4.22. The Morgan fingerprint density at radius 1 is 1.47 bits per heavy atom. The van der Waals surface area contributed by atoms with Crippen molar-refractivity contribution in [1.29, 1.82) is 0 Å². The fraction of sp³-hybridized carbons (Fsp3) is 0.300. The van der Waals surface area contributed by atoms with Crippen molar-refractivity contribution in [3.8, 4) is 5.75 Å². The number of benzene rings is 1. The fourth-order valence-corrected chi connectivity index (χ4v) is 1.61. The van der Waals surface area contributed by atoms with Crippen molar-refractivity contribution in [3.05, 3.63) is 32.8 Å². The first kappa shape index (κ1) is 13.7. The van der Waals surface area contributed by atoms with Crippen LogP contribution in [-0.2, 0) is 0 Å². The summed E-state index contributed by atoms with van der Waals surface area (Å²) in [6.07, 6.45) is -0.229. The van der Waals surface area contributed by atoms with Gasteiger partial charge in [0.15, 0.2) is 0 Å². The van der Waals surface area contributed by atoms with E-state index in [-0.39, 0.29) is 28.1 Å². The zero-order valence-corrected chi connectivity index (χ0v) is 10.6. The highest BCUT2D eigenvalue weighted by Gasteiger charge is 2.20. The highest BCUT2D eigenvalue weighted by molar-refractivity contribution is 6.68. The van der Waals surface area contributed by atoms with Crippen LogP contribution in [0.5, 0.6) is 5.75 Å². The molecule has 7 heteroatoms. The molecule has 5 nitrogen and oxygen atoms in total. The average molecular weight is 278 g/mol. The molecule has 1 aromatic carbocycles. The molecule has 1 aromatic rings. The smallest absolute Gasteiger partial charge is 0.274 e. The molecule has 0 saturated carbocycles. The van der Waals surface area contributed by atoms with Crippen LogP contribution in [0.2, 0.25) is 5.02 Å². The summed E-state index contributed by atoms with van der Waals surface area (Å²) < 4.78 is 5.28. The second kappa shape index (κ2) is 5.33. The predicted molar refractivity (Wildman–Crippen MR) is 64.1 cm³/mol. The van der Waals surface area contributed by atoms with Crippen LogP contribution < -0.4 is 4.74 Å². The quantitative estimate of drug-likeness (QED) is 0.480. The molecule has 0 aliphatic carbocycles. The number of hydrogen-bond donors (Lipinski definition) is 0. The number of carbonyl (C=O) groups is 1. The summed E-state index contributed by atoms with van der Waals surface area (Å²) in [5.41, 5.74) is -0.438. The minimum atomic E-state index is -0.868. The van der Waals surface area contributed by atoms with E-state index in [0.29, 0.717) is 0 Å². The van der Waals surface area contributed by atoms with Gasteiger partial charge in [-0.05, 0) is 25.4 Å². The number of nitro benzene ring substituents is 1. The summed E-state index contributed by atoms with van der Waals surface area (Å²) in [4.78, 5) is 21.1. The molecule has 0 heterocycles. The molecule has 0 bridgehead atoms. The van der Waals surface area contributed by atoms with Gasteiger partial charge < -0.3 is 4.74 Å². The van der Waals surface area contributed by atoms with E-state index in [1.54, 1.807) is 13.8 Å². The first-order valence-electron chi connectivity index (χ1n) is 4.67. The van der Waals surface area contributed by atoms with E-state index in [2.05, 4.69) is 0 Å². The van der Waals surface area contributed by atoms with Gasteiger partial charge in [0, 0.05) is 6.07 Å². The molecular weight excluding hydrogens is 269 g/mol. The van der Waals surface area contributed by atoms with Crippen LogP contribution in [0.25, 0.3) is 0 Å². The molecule has 0 aliphatic heterocycles. The third-order valence-electron chi connectivity index (χ3n) is 1.81. The zero-order chi connectivity index (χ0) is 13.2. The van der Waals surface area contributed by atoms with E-state index in [9.17, 15) is 14.9 Å². The van der Waals surface area contributed by atoms with Gasteiger partial charge in [-0.1, -0.05) is 11.6 Å². The van der Waals surface area contributed by atoms with Gasteiger partial charge in [-0.15, -0.1) is 0 Å². The van der Waals surface area contributed by atoms with Gasteiger partial charge in [0.25, 0.3) is 10.9 Å². The molecule has 0 spiro atoms. The van der Waals surface area contributed by atoms with Gasteiger partial charge in [-0.2, -0.15) is 0 Å². The highest BCUT2D eigenvalue weighted by Crippen LogP contribution is 2.34. The van der Waals surface area contributed by atoms with E-state index in [1.807, 2.05) is 0 Å². The Kier molecular flexibility index (Phi) is 4.31. The Balaban J connectivity index is 3.37. The van der Waals surface area contributed by atoms with Crippen molar-refractivity contribution in [2.75, 3.05) is 0 Å². The maximum Gasteiger partial charge on any atom is 0.274 e. The molecule has 0 N–H and O–H groups in total. The number of hydrogen-bond acceptors (Lipinski definition) is 4. The molecule has 0 saturated heterocycles. The van der Waals surface area contributed by atoms with Gasteiger partial charge in [0.1, 0.15) is 5.75 Å². The van der Waals surface area contributed by atoms with E-state index in [0.717, 1.165) is 12.1 Å². The largest absolute Gasteiger partial charge is 0.489 e. The van der Waals surface area contributed by atoms with Crippen molar-refractivity contribution in [3.63, 3.8) is 0 Å². The fourth-order valence-electron chi connectivity index (χ4n) is 1.17. The molecule has 0 radical (unpaired) electrons. The van der Waals surface area contributed by atoms with Crippen LogP contribution in [0.15, 0.2) is 12.1 Å². The van der Waals surface area contributed by atoms with Crippen molar-refractivity contribution in [2.24, 2.45) is 0 Å². The zero-order valence-electron chi connectivity index (χ0n) is 9.07. The van der Waals surface area contributed by atoms with Crippen LogP contribution in [0, 0.1) is 10.1 Å². The lowest BCUT2D eigenvalue weighted by molar-refractivity contribution is -0.385. The highest BCUT2D eigenvalue weighted by atomic mass is 35.5. The number of non-ortho nitro benzene ring substituents is 1. The molecule has 17 heavy (non-hydrogen) atoms. The standard InChI is InChI=1S/C10H9Cl2NO4/c1-5(2)17-8-4-6(13(15)16)3-7(9(8)11)10(12)14/h3-5H,1-2H3. The van der Waals surface area contributed by atoms with Crippen LogP contribution in [0.3, 0.4) is 0 Å². The predicted octanol–water partition coefficient (Wildman–Crippen LogP) is 3.41. The van der Waals surface area contributed by atoms with Crippen LogP contribution >= 0.6 is 23.2 Å². The summed E-state index contributed by atoms with van der Waals surface area (Å²) in [6.45, 7) is 3.47. The van der Waals surface area contributed by atoms with E-state index in [4.69, 9.17) is 27.9 Å². The summed E-state index contributed by atoms with van der Waals surface area (Å²) in [5.74, 6) is 0.0693. The first-order chi connectivity index (χ1) is 7.82. The number of nitrogens with zero attached hydrogens (tertiary/aromatic N) is 1. The Morgan fingerprint density at radius 3 is 2.47 bits per heavy atom. The topological polar surface area (TPSA) is 69.4 Å². The van der Waals surface area contributed by atoms with Crippen molar-refractivity contribution < 1.29 is 14.5 Å². The van der Waals surface area contributed by atoms with Gasteiger partial charge in [0.2, 0.25) is 0 Å². The summed E-state index contributed by atoms with van der Waals surface area (Å²) in [5, 5.41) is 9.79. The van der Waals surface area contributed by atoms with Crippen molar-refractivity contribution in [2.45, 2.75) is 20.0 Å². The number of carbonyl (C=O) groups excluding carboxylic acids is 1. The van der Waals surface area contributed by atoms with Crippen LogP contribution in [-0.4, -0.2) is 16.3 Å². The Bertz CT molecular complexity index is 474. The molecule has 0 amide bonds. The minimum absolute atomic E-state index is 0.0238. The number of halogens is 2. The van der Waals surface area contributed by atoms with Crippen molar-refractivity contribution >= 4 is 34.1 Å². The maximum atomic E-state index is 11.1. The molecule has 0 aromatic heterocycles. The lowest BCUT2D eigenvalue weighted by Crippen LogP contribution is -2.07. The molecule has 0 atom stereocenters. The SMILES string of the molecule is CC(C)Oc1cc([N+](=O)[O-])cc(C(=O)Cl)c1Cl. The maximum absolute atomic E-state index is 11.1. The average Bonchev–Trinajstić information content (AvgIpc) is 2.19. The van der Waals surface area contributed by atoms with Crippen LogP contribution in [0.4, 0.5) is 5.69 Å². The normalized spacial score (nSPS) is 10.4. The Labute approximate surface area is 107 Å². The van der Waals surface area contributed by atoms with Gasteiger partial charge in [0.05, 0.1) is 27.7 Å². The third kappa shape index (κ3) is 3.31. The minimum Gasteiger partial charge on any atom is -0.489 e. The van der Waals surface area contributed by atoms with E-state index in [1.165, 1.54) is 0 Å². The molecule has 0 fully saturated rings. The third-order valence-corrected chi connectivity index (χ3v) is 2.40. The number of ether oxygens (including phenoxy) is 1. The van der Waals surface area contributed by atoms with Gasteiger partial charge in [-0.25, -0.2) is 0 Å². The second-order valence-electron chi connectivity index (χ2n) is 3.50. The van der Waals surface area contributed by atoms with Gasteiger partial charge in [-0.3, -0.25) is 14.9 Å². The Hall–Kier alpha value is -1.33. The molecule has 92 valence electrons. The lowest BCUT2D eigenvalue weighted by atomic mass is 10.2. The molecule has 1 rings (SSSR count). The molecule has 0 unspecified atom stereocenters. The summed E-state index contributed by atoms with van der Waals surface area (Å²) in [7, 11) is 0. The van der Waals surface area contributed by atoms with Crippen LogP contribution in [0.1, 0.15) is 24.2 Å². The van der Waals surface area contributed by atoms with E-state index < -0.39 is 10.2 Å². The molecular formula is C10H9Cl2NO4. The summed E-state index contributed by atoms with van der Waals surface area (Å²) in [6, 6.07) is 2.18. The van der Waals surface area contributed by atoms with E-state index >= 15 is 0 Å². The summed E-state index contributed by atoms with van der Waals surface area (Å²) >= 11 is 11.2. The number of rotatable bonds is 4. The Morgan fingerprint density at radius 2 is 2.06 bits per heavy atom. The molecule has 0 aliphatic rings. The van der Waals surface area contributed by atoms with Crippen molar-refractivity contribution in [1.82, 2.24) is 0 Å².